The molecule has 2 aliphatic rings. The second kappa shape index (κ2) is 9.33. The Labute approximate surface area is 174 Å². The predicted octanol–water partition coefficient (Wildman–Crippen LogP) is 4.11. The highest BCUT2D eigenvalue weighted by Gasteiger charge is 2.34. The van der Waals surface area contributed by atoms with Crippen molar-refractivity contribution in [3.05, 3.63) is 60.2 Å². The molecular weight excluding hydrogens is 388 g/mol. The average Bonchev–Trinajstić information content (AvgIpc) is 3.10. The van der Waals surface area contributed by atoms with Gasteiger partial charge >= 0.3 is 0 Å². The zero-order valence-corrected chi connectivity index (χ0v) is 17.0. The summed E-state index contributed by atoms with van der Waals surface area (Å²) in [7, 11) is 0. The van der Waals surface area contributed by atoms with E-state index >= 15 is 0 Å². The number of hydrogen-bond donors (Lipinski definition) is 0. The van der Waals surface area contributed by atoms with Crippen LogP contribution >= 0.6 is 11.8 Å². The first-order valence-electron chi connectivity index (χ1n) is 9.84. The Morgan fingerprint density at radius 3 is 2.45 bits per heavy atom. The zero-order valence-electron chi connectivity index (χ0n) is 16.2. The molecule has 0 aromatic heterocycles. The van der Waals surface area contributed by atoms with Gasteiger partial charge in [0.25, 0.3) is 5.24 Å². The normalized spacial score (nSPS) is 19.4. The highest BCUT2D eigenvalue weighted by Crippen LogP contribution is 2.32. The summed E-state index contributed by atoms with van der Waals surface area (Å²) in [6.07, 6.45) is 1.19. The van der Waals surface area contributed by atoms with Gasteiger partial charge in [-0.3, -0.25) is 9.59 Å². The summed E-state index contributed by atoms with van der Waals surface area (Å²) in [6.45, 7) is 2.90. The summed E-state index contributed by atoms with van der Waals surface area (Å²) in [5.74, 6) is 1.64. The molecule has 2 fully saturated rings. The molecule has 4 rings (SSSR count). The molecule has 7 heteroatoms. The topological polar surface area (TPSA) is 59.1 Å². The molecule has 2 heterocycles. The SMILES string of the molecule is O=C(SC1CCC(=O)N1Cc1ccc(Oc2ccccc2)cc1)N1CCOCC1. The fourth-order valence-electron chi connectivity index (χ4n) is 3.44. The highest BCUT2D eigenvalue weighted by atomic mass is 32.2. The lowest BCUT2D eigenvalue weighted by Gasteiger charge is -2.29. The Balaban J connectivity index is 1.36. The van der Waals surface area contributed by atoms with Crippen LogP contribution < -0.4 is 4.74 Å². The summed E-state index contributed by atoms with van der Waals surface area (Å²) in [5, 5.41) is -0.0808. The number of likely N-dealkylation sites (tertiary alicyclic amines) is 1. The van der Waals surface area contributed by atoms with Gasteiger partial charge in [-0.15, -0.1) is 0 Å². The largest absolute Gasteiger partial charge is 0.457 e. The number of para-hydroxylation sites is 1. The second-order valence-electron chi connectivity index (χ2n) is 7.06. The minimum Gasteiger partial charge on any atom is -0.457 e. The first kappa shape index (κ1) is 19.8. The van der Waals surface area contributed by atoms with E-state index in [2.05, 4.69) is 0 Å². The van der Waals surface area contributed by atoms with E-state index in [1.54, 1.807) is 0 Å². The molecule has 1 atom stereocenters. The van der Waals surface area contributed by atoms with Gasteiger partial charge in [-0.25, -0.2) is 0 Å². The number of hydrogen-bond acceptors (Lipinski definition) is 5. The summed E-state index contributed by atoms with van der Waals surface area (Å²) >= 11 is 1.26. The van der Waals surface area contributed by atoms with Gasteiger partial charge in [0, 0.05) is 26.1 Å². The average molecular weight is 413 g/mol. The summed E-state index contributed by atoms with van der Waals surface area (Å²) in [6, 6.07) is 17.4. The van der Waals surface area contributed by atoms with Crippen molar-refractivity contribution in [2.75, 3.05) is 26.3 Å². The maximum Gasteiger partial charge on any atom is 0.283 e. The van der Waals surface area contributed by atoms with Crippen molar-refractivity contribution < 1.29 is 19.1 Å². The number of amides is 2. The van der Waals surface area contributed by atoms with E-state index in [9.17, 15) is 9.59 Å². The lowest BCUT2D eigenvalue weighted by atomic mass is 10.2. The van der Waals surface area contributed by atoms with Crippen LogP contribution in [0, 0.1) is 0 Å². The molecule has 0 aliphatic carbocycles. The number of morpholine rings is 1. The van der Waals surface area contributed by atoms with Crippen molar-refractivity contribution in [3.63, 3.8) is 0 Å². The Hall–Kier alpha value is -2.51. The Morgan fingerprint density at radius 2 is 1.72 bits per heavy atom. The molecule has 1 unspecified atom stereocenters. The van der Waals surface area contributed by atoms with Crippen LogP contribution in [0.25, 0.3) is 0 Å². The number of nitrogens with zero attached hydrogens (tertiary/aromatic N) is 2. The van der Waals surface area contributed by atoms with Gasteiger partial charge < -0.3 is 19.3 Å². The van der Waals surface area contributed by atoms with Crippen LogP contribution in [0.15, 0.2) is 54.6 Å². The molecule has 2 amide bonds. The third kappa shape index (κ3) is 5.10. The van der Waals surface area contributed by atoms with Gasteiger partial charge in [0.2, 0.25) is 5.91 Å². The Bertz CT molecular complexity index is 838. The molecule has 0 N–H and O–H groups in total. The Kier molecular flexibility index (Phi) is 6.36. The van der Waals surface area contributed by atoms with Crippen LogP contribution in [0.3, 0.4) is 0 Å². The van der Waals surface area contributed by atoms with Gasteiger partial charge in [0.05, 0.1) is 18.6 Å². The lowest BCUT2D eigenvalue weighted by Crippen LogP contribution is -2.40. The molecule has 6 nitrogen and oxygen atoms in total. The molecule has 152 valence electrons. The Morgan fingerprint density at radius 1 is 1.03 bits per heavy atom. The summed E-state index contributed by atoms with van der Waals surface area (Å²) in [5.41, 5.74) is 1.02. The van der Waals surface area contributed by atoms with Crippen LogP contribution in [-0.4, -0.2) is 52.6 Å². The van der Waals surface area contributed by atoms with Crippen LogP contribution in [0.2, 0.25) is 0 Å². The van der Waals surface area contributed by atoms with E-state index in [0.717, 1.165) is 17.1 Å². The number of rotatable bonds is 5. The van der Waals surface area contributed by atoms with Gasteiger partial charge in [0.15, 0.2) is 0 Å². The molecular formula is C22H24N2O4S. The van der Waals surface area contributed by atoms with Crippen LogP contribution in [-0.2, 0) is 16.1 Å². The minimum atomic E-state index is -0.113. The quantitative estimate of drug-likeness (QED) is 0.740. The smallest absolute Gasteiger partial charge is 0.283 e. The molecule has 2 aliphatic heterocycles. The van der Waals surface area contributed by atoms with E-state index < -0.39 is 0 Å². The van der Waals surface area contributed by atoms with E-state index in [-0.39, 0.29) is 16.5 Å². The lowest BCUT2D eigenvalue weighted by molar-refractivity contribution is -0.128. The van der Waals surface area contributed by atoms with Gasteiger partial charge in [0.1, 0.15) is 11.5 Å². The predicted molar refractivity (Wildman–Crippen MR) is 112 cm³/mol. The molecule has 0 bridgehead atoms. The second-order valence-corrected chi connectivity index (χ2v) is 8.19. The third-order valence-corrected chi connectivity index (χ3v) is 6.26. The number of benzene rings is 2. The number of carbonyl (C=O) groups excluding carboxylic acids is 2. The zero-order chi connectivity index (χ0) is 20.1. The van der Waals surface area contributed by atoms with E-state index in [4.69, 9.17) is 9.47 Å². The standard InChI is InChI=1S/C22H24N2O4S/c25-20-10-11-21(29-22(26)23-12-14-27-15-13-23)24(20)16-17-6-8-19(9-7-17)28-18-4-2-1-3-5-18/h1-9,21H,10-16H2. The van der Waals surface area contributed by atoms with Crippen molar-refractivity contribution in [2.45, 2.75) is 24.8 Å². The molecule has 2 aromatic rings. The van der Waals surface area contributed by atoms with Crippen LogP contribution in [0.1, 0.15) is 18.4 Å². The first-order chi connectivity index (χ1) is 14.2. The van der Waals surface area contributed by atoms with E-state index in [1.165, 1.54) is 11.8 Å². The van der Waals surface area contributed by atoms with E-state index in [1.807, 2.05) is 64.4 Å². The molecule has 2 aromatic carbocycles. The summed E-state index contributed by atoms with van der Waals surface area (Å²) in [4.78, 5) is 28.6. The van der Waals surface area contributed by atoms with Gasteiger partial charge in [-0.05, 0) is 48.0 Å². The monoisotopic (exact) mass is 412 g/mol. The molecule has 0 radical (unpaired) electrons. The number of carbonyl (C=O) groups is 2. The molecule has 2 saturated heterocycles. The first-order valence-corrected chi connectivity index (χ1v) is 10.7. The van der Waals surface area contributed by atoms with Crippen LogP contribution in [0.5, 0.6) is 11.5 Å². The molecule has 0 spiro atoms. The van der Waals surface area contributed by atoms with Crippen molar-refractivity contribution in [2.24, 2.45) is 0 Å². The highest BCUT2D eigenvalue weighted by molar-refractivity contribution is 8.14. The summed E-state index contributed by atoms with van der Waals surface area (Å²) < 4.78 is 11.1. The molecule has 29 heavy (non-hydrogen) atoms. The number of thioether (sulfide) groups is 1. The fourth-order valence-corrected chi connectivity index (χ4v) is 4.56. The van der Waals surface area contributed by atoms with Gasteiger partial charge in [-0.1, -0.05) is 30.3 Å². The van der Waals surface area contributed by atoms with Crippen molar-refractivity contribution in [3.8, 4) is 11.5 Å². The number of ether oxygens (including phenoxy) is 2. The van der Waals surface area contributed by atoms with E-state index in [0.29, 0.717) is 45.7 Å². The molecule has 0 saturated carbocycles. The third-order valence-electron chi connectivity index (χ3n) is 5.03. The van der Waals surface area contributed by atoms with Crippen molar-refractivity contribution >= 4 is 22.9 Å². The van der Waals surface area contributed by atoms with Crippen molar-refractivity contribution in [1.82, 2.24) is 9.80 Å². The maximum absolute atomic E-state index is 12.6. The minimum absolute atomic E-state index is 0.0320. The van der Waals surface area contributed by atoms with Crippen molar-refractivity contribution in [1.29, 1.82) is 0 Å². The van der Waals surface area contributed by atoms with Crippen LogP contribution in [0.4, 0.5) is 4.79 Å². The fraction of sp³-hybridized carbons (Fsp3) is 0.364. The van der Waals surface area contributed by atoms with Gasteiger partial charge in [-0.2, -0.15) is 0 Å². The maximum atomic E-state index is 12.6.